The molecule has 0 radical (unpaired) electrons. The van der Waals surface area contributed by atoms with Gasteiger partial charge in [-0.3, -0.25) is 9.59 Å². The first kappa shape index (κ1) is 15.8. The van der Waals surface area contributed by atoms with Crippen molar-refractivity contribution >= 4 is 11.8 Å². The molecule has 0 aromatic heterocycles. The van der Waals surface area contributed by atoms with Gasteiger partial charge in [0.15, 0.2) is 0 Å². The van der Waals surface area contributed by atoms with E-state index in [1.165, 1.54) is 0 Å². The summed E-state index contributed by atoms with van der Waals surface area (Å²) in [7, 11) is 1.65. The highest BCUT2D eigenvalue weighted by Gasteiger charge is 2.36. The van der Waals surface area contributed by atoms with Crippen LogP contribution in [0.25, 0.3) is 0 Å². The quantitative estimate of drug-likeness (QED) is 0.921. The highest BCUT2D eigenvalue weighted by molar-refractivity contribution is 5.78. The summed E-state index contributed by atoms with van der Waals surface area (Å²) in [6.45, 7) is 1.43. The smallest absolute Gasteiger partial charge is 0.222 e. The SMILES string of the molecule is COc1ccccc1CCC(=O)N1CC2CCCC(=O)NC2C1. The molecule has 2 heterocycles. The van der Waals surface area contributed by atoms with E-state index in [4.69, 9.17) is 4.74 Å². The van der Waals surface area contributed by atoms with Gasteiger partial charge in [0.25, 0.3) is 0 Å². The molecule has 2 amide bonds. The van der Waals surface area contributed by atoms with Crippen LogP contribution in [0.3, 0.4) is 0 Å². The average Bonchev–Trinajstić information content (AvgIpc) is 2.87. The number of aryl methyl sites for hydroxylation is 1. The number of nitrogens with zero attached hydrogens (tertiary/aromatic N) is 1. The number of hydrogen-bond donors (Lipinski definition) is 1. The lowest BCUT2D eigenvalue weighted by Crippen LogP contribution is -2.39. The summed E-state index contributed by atoms with van der Waals surface area (Å²) in [4.78, 5) is 26.1. The van der Waals surface area contributed by atoms with Gasteiger partial charge in [-0.1, -0.05) is 18.2 Å². The number of fused-ring (bicyclic) bond motifs is 1. The molecular weight excluding hydrogens is 292 g/mol. The van der Waals surface area contributed by atoms with Gasteiger partial charge in [0, 0.05) is 25.9 Å². The zero-order valence-electron chi connectivity index (χ0n) is 13.6. The van der Waals surface area contributed by atoms with Gasteiger partial charge in [-0.2, -0.15) is 0 Å². The van der Waals surface area contributed by atoms with Crippen molar-refractivity contribution in [3.63, 3.8) is 0 Å². The highest BCUT2D eigenvalue weighted by Crippen LogP contribution is 2.26. The monoisotopic (exact) mass is 316 g/mol. The molecule has 5 heteroatoms. The van der Waals surface area contributed by atoms with Crippen LogP contribution in [0.5, 0.6) is 5.75 Å². The molecule has 3 rings (SSSR count). The van der Waals surface area contributed by atoms with Gasteiger partial charge in [-0.25, -0.2) is 0 Å². The molecule has 0 spiro atoms. The Morgan fingerprint density at radius 2 is 2.17 bits per heavy atom. The Balaban J connectivity index is 1.56. The van der Waals surface area contributed by atoms with E-state index >= 15 is 0 Å². The number of para-hydroxylation sites is 1. The van der Waals surface area contributed by atoms with Crippen molar-refractivity contribution in [2.75, 3.05) is 20.2 Å². The van der Waals surface area contributed by atoms with E-state index in [-0.39, 0.29) is 17.9 Å². The molecule has 0 saturated carbocycles. The molecule has 23 heavy (non-hydrogen) atoms. The summed E-state index contributed by atoms with van der Waals surface area (Å²) in [6.07, 6.45) is 3.74. The lowest BCUT2D eigenvalue weighted by molar-refractivity contribution is -0.130. The fourth-order valence-electron chi connectivity index (χ4n) is 3.64. The Labute approximate surface area is 137 Å². The molecule has 5 nitrogen and oxygen atoms in total. The van der Waals surface area contributed by atoms with Crippen LogP contribution in [0.15, 0.2) is 24.3 Å². The van der Waals surface area contributed by atoms with Gasteiger partial charge in [-0.05, 0) is 36.8 Å². The van der Waals surface area contributed by atoms with E-state index in [0.29, 0.717) is 31.7 Å². The number of nitrogens with one attached hydrogen (secondary N) is 1. The molecule has 124 valence electrons. The molecule has 2 atom stereocenters. The van der Waals surface area contributed by atoms with Gasteiger partial charge in [0.05, 0.1) is 13.2 Å². The van der Waals surface area contributed by atoms with Crippen LogP contribution in [-0.2, 0) is 16.0 Å². The maximum absolute atomic E-state index is 12.5. The van der Waals surface area contributed by atoms with Gasteiger partial charge in [-0.15, -0.1) is 0 Å². The Morgan fingerprint density at radius 3 is 3.00 bits per heavy atom. The maximum Gasteiger partial charge on any atom is 0.222 e. The van der Waals surface area contributed by atoms with Crippen LogP contribution in [-0.4, -0.2) is 43.0 Å². The fourth-order valence-corrected chi connectivity index (χ4v) is 3.64. The van der Waals surface area contributed by atoms with Crippen molar-refractivity contribution in [1.29, 1.82) is 0 Å². The molecule has 2 aliphatic rings. The molecule has 2 aliphatic heterocycles. The number of benzene rings is 1. The van der Waals surface area contributed by atoms with Gasteiger partial charge < -0.3 is 15.0 Å². The van der Waals surface area contributed by atoms with Crippen molar-refractivity contribution in [2.24, 2.45) is 5.92 Å². The molecule has 2 unspecified atom stereocenters. The summed E-state index contributed by atoms with van der Waals surface area (Å²) in [5.74, 6) is 1.54. The van der Waals surface area contributed by atoms with Crippen LogP contribution in [0, 0.1) is 5.92 Å². The Hall–Kier alpha value is -2.04. The predicted molar refractivity (Wildman–Crippen MR) is 87.2 cm³/mol. The number of likely N-dealkylation sites (tertiary alicyclic amines) is 1. The molecule has 1 N–H and O–H groups in total. The highest BCUT2D eigenvalue weighted by atomic mass is 16.5. The topological polar surface area (TPSA) is 58.6 Å². The number of amides is 2. The van der Waals surface area contributed by atoms with Gasteiger partial charge in [0.2, 0.25) is 11.8 Å². The third-order valence-electron chi connectivity index (χ3n) is 4.92. The van der Waals surface area contributed by atoms with Crippen molar-refractivity contribution in [2.45, 2.75) is 38.1 Å². The fraction of sp³-hybridized carbons (Fsp3) is 0.556. The first-order chi connectivity index (χ1) is 11.2. The molecule has 1 aromatic rings. The molecule has 1 aromatic carbocycles. The summed E-state index contributed by atoms with van der Waals surface area (Å²) in [6, 6.07) is 7.95. The Morgan fingerprint density at radius 1 is 1.35 bits per heavy atom. The molecular formula is C18H24N2O3. The molecule has 2 saturated heterocycles. The van der Waals surface area contributed by atoms with Gasteiger partial charge >= 0.3 is 0 Å². The average molecular weight is 316 g/mol. The molecule has 0 bridgehead atoms. The van der Waals surface area contributed by atoms with Crippen molar-refractivity contribution in [3.05, 3.63) is 29.8 Å². The number of ether oxygens (including phenoxy) is 1. The summed E-state index contributed by atoms with van der Waals surface area (Å²) < 4.78 is 5.33. The zero-order chi connectivity index (χ0) is 16.2. The molecule has 2 fully saturated rings. The summed E-state index contributed by atoms with van der Waals surface area (Å²) in [5, 5.41) is 3.06. The second-order valence-corrected chi connectivity index (χ2v) is 6.44. The van der Waals surface area contributed by atoms with E-state index in [2.05, 4.69) is 5.32 Å². The van der Waals surface area contributed by atoms with Crippen LogP contribution in [0.2, 0.25) is 0 Å². The second kappa shape index (κ2) is 7.02. The minimum atomic E-state index is 0.126. The zero-order valence-corrected chi connectivity index (χ0v) is 13.6. The first-order valence-electron chi connectivity index (χ1n) is 8.36. The van der Waals surface area contributed by atoms with Crippen molar-refractivity contribution in [1.82, 2.24) is 10.2 Å². The minimum absolute atomic E-state index is 0.126. The lowest BCUT2D eigenvalue weighted by atomic mass is 9.99. The normalized spacial score (nSPS) is 23.9. The number of methoxy groups -OCH3 is 1. The van der Waals surface area contributed by atoms with E-state index < -0.39 is 0 Å². The lowest BCUT2D eigenvalue weighted by Gasteiger charge is -2.17. The second-order valence-electron chi connectivity index (χ2n) is 6.44. The van der Waals surface area contributed by atoms with E-state index in [0.717, 1.165) is 30.7 Å². The first-order valence-corrected chi connectivity index (χ1v) is 8.36. The largest absolute Gasteiger partial charge is 0.496 e. The van der Waals surface area contributed by atoms with Crippen LogP contribution < -0.4 is 10.1 Å². The number of rotatable bonds is 4. The van der Waals surface area contributed by atoms with Crippen LogP contribution >= 0.6 is 0 Å². The number of carbonyl (C=O) groups is 2. The van der Waals surface area contributed by atoms with E-state index in [1.807, 2.05) is 29.2 Å². The third-order valence-corrected chi connectivity index (χ3v) is 4.92. The standard InChI is InChI=1S/C18H24N2O3/c1-23-16-7-3-2-5-13(16)9-10-18(22)20-11-14-6-4-8-17(21)19-15(14)12-20/h2-3,5,7,14-15H,4,6,8-12H2,1H3,(H,19,21). The Bertz CT molecular complexity index is 587. The van der Waals surface area contributed by atoms with E-state index in [1.54, 1.807) is 7.11 Å². The number of hydrogen-bond acceptors (Lipinski definition) is 3. The Kier molecular flexibility index (Phi) is 4.84. The van der Waals surface area contributed by atoms with Crippen LogP contribution in [0.1, 0.15) is 31.2 Å². The molecule has 0 aliphatic carbocycles. The predicted octanol–water partition coefficient (Wildman–Crippen LogP) is 1.75. The third kappa shape index (κ3) is 3.66. The summed E-state index contributed by atoms with van der Waals surface area (Å²) >= 11 is 0. The maximum atomic E-state index is 12.5. The van der Waals surface area contributed by atoms with Crippen LogP contribution in [0.4, 0.5) is 0 Å². The minimum Gasteiger partial charge on any atom is -0.496 e. The van der Waals surface area contributed by atoms with Crippen molar-refractivity contribution < 1.29 is 14.3 Å². The number of carbonyl (C=O) groups excluding carboxylic acids is 2. The summed E-state index contributed by atoms with van der Waals surface area (Å²) in [5.41, 5.74) is 1.06. The van der Waals surface area contributed by atoms with Crippen molar-refractivity contribution in [3.8, 4) is 5.75 Å². The van der Waals surface area contributed by atoms with Gasteiger partial charge in [0.1, 0.15) is 5.75 Å². The van der Waals surface area contributed by atoms with E-state index in [9.17, 15) is 9.59 Å².